The molecule has 0 aromatic rings. The highest BCUT2D eigenvalue weighted by atomic mass is 16.7. The van der Waals surface area contributed by atoms with Crippen LogP contribution in [0.3, 0.4) is 0 Å². The SMILES string of the molecule is CCCCCCCCC/C=C\CCCCCCC(O)C(=O)NC(COC1OC(CO)C(O)C(O)C1O)C(O)C(O)CCCCCCCCCCCCCCCCCC. The Morgan fingerprint density at radius 3 is 1.45 bits per heavy atom. The van der Waals surface area contributed by atoms with Gasteiger partial charge in [0.2, 0.25) is 5.91 Å². The lowest BCUT2D eigenvalue weighted by atomic mass is 9.98. The maximum absolute atomic E-state index is 13.1. The van der Waals surface area contributed by atoms with Crippen LogP contribution in [-0.2, 0) is 14.3 Å². The summed E-state index contributed by atoms with van der Waals surface area (Å²) in [5.41, 5.74) is 0. The Morgan fingerprint density at radius 1 is 0.586 bits per heavy atom. The summed E-state index contributed by atoms with van der Waals surface area (Å²) in [5, 5.41) is 75.7. The van der Waals surface area contributed by atoms with E-state index >= 15 is 0 Å². The minimum atomic E-state index is -1.66. The number of carbonyl (C=O) groups is 1. The van der Waals surface area contributed by atoms with Crippen LogP contribution in [0.15, 0.2) is 12.2 Å². The number of nitrogens with one attached hydrogen (secondary N) is 1. The van der Waals surface area contributed by atoms with Gasteiger partial charge in [0, 0.05) is 0 Å². The first-order valence-electron chi connectivity index (χ1n) is 24.1. The van der Waals surface area contributed by atoms with Gasteiger partial charge in [0.05, 0.1) is 25.4 Å². The van der Waals surface area contributed by atoms with Crippen molar-refractivity contribution in [3.8, 4) is 0 Å². The van der Waals surface area contributed by atoms with Crippen LogP contribution in [0.5, 0.6) is 0 Å². The Morgan fingerprint density at radius 2 is 1.00 bits per heavy atom. The molecule has 0 saturated carbocycles. The lowest BCUT2D eigenvalue weighted by molar-refractivity contribution is -0.303. The highest BCUT2D eigenvalue weighted by Crippen LogP contribution is 2.23. The molecule has 1 amide bonds. The molecular formula is C47H91NO10. The zero-order valence-corrected chi connectivity index (χ0v) is 37.0. The summed E-state index contributed by atoms with van der Waals surface area (Å²) in [4.78, 5) is 13.1. The summed E-state index contributed by atoms with van der Waals surface area (Å²) >= 11 is 0. The summed E-state index contributed by atoms with van der Waals surface area (Å²) in [5.74, 6) is -0.704. The third kappa shape index (κ3) is 26.9. The largest absolute Gasteiger partial charge is 0.394 e. The fourth-order valence-electron chi connectivity index (χ4n) is 7.79. The zero-order chi connectivity index (χ0) is 42.6. The standard InChI is InChI=1S/C47H91NO10/c1-3-5-7-9-11-13-15-17-19-21-22-24-26-28-30-32-34-39(50)42(52)38(37-57-47-45(55)44(54)43(53)41(36-49)58-47)48-46(56)40(51)35-33-31-29-27-25-23-20-18-16-14-12-10-8-6-4-2/h20,23,38-45,47,49-55H,3-19,21-22,24-37H2,1-2H3,(H,48,56)/b23-20-. The van der Waals surface area contributed by atoms with Crippen LogP contribution in [-0.4, -0.2) is 110 Å². The Hall–Kier alpha value is -1.15. The number of hydrogen-bond acceptors (Lipinski definition) is 10. The van der Waals surface area contributed by atoms with Crippen molar-refractivity contribution in [2.75, 3.05) is 13.2 Å². The summed E-state index contributed by atoms with van der Waals surface area (Å²) in [6.45, 7) is 3.44. The van der Waals surface area contributed by atoms with Gasteiger partial charge in [0.1, 0.15) is 36.6 Å². The molecule has 0 aliphatic carbocycles. The predicted octanol–water partition coefficient (Wildman–Crippen LogP) is 8.06. The highest BCUT2D eigenvalue weighted by molar-refractivity contribution is 5.80. The van der Waals surface area contributed by atoms with Crippen molar-refractivity contribution in [1.82, 2.24) is 5.32 Å². The molecule has 1 aliphatic rings. The number of ether oxygens (including phenoxy) is 2. The van der Waals surface area contributed by atoms with E-state index in [1.807, 2.05) is 0 Å². The predicted molar refractivity (Wildman–Crippen MR) is 233 cm³/mol. The molecule has 9 unspecified atom stereocenters. The van der Waals surface area contributed by atoms with Crippen LogP contribution >= 0.6 is 0 Å². The smallest absolute Gasteiger partial charge is 0.249 e. The number of unbranched alkanes of at least 4 members (excludes halogenated alkanes) is 26. The number of carbonyl (C=O) groups excluding carboxylic acids is 1. The molecule has 8 N–H and O–H groups in total. The zero-order valence-electron chi connectivity index (χ0n) is 37.0. The molecular weight excluding hydrogens is 739 g/mol. The van der Waals surface area contributed by atoms with Crippen LogP contribution in [0.2, 0.25) is 0 Å². The molecule has 58 heavy (non-hydrogen) atoms. The lowest BCUT2D eigenvalue weighted by Crippen LogP contribution is -2.60. The second-order valence-electron chi connectivity index (χ2n) is 17.2. The Bertz CT molecular complexity index is 954. The molecule has 0 radical (unpaired) electrons. The lowest BCUT2D eigenvalue weighted by Gasteiger charge is -2.40. The number of aliphatic hydroxyl groups excluding tert-OH is 7. The molecule has 1 saturated heterocycles. The summed E-state index contributed by atoms with van der Waals surface area (Å²) in [7, 11) is 0. The van der Waals surface area contributed by atoms with Gasteiger partial charge in [-0.3, -0.25) is 4.79 Å². The average Bonchev–Trinajstić information content (AvgIpc) is 3.22. The van der Waals surface area contributed by atoms with Crippen LogP contribution < -0.4 is 5.32 Å². The summed E-state index contributed by atoms with van der Waals surface area (Å²) in [6.07, 6.45) is 28.2. The molecule has 1 heterocycles. The maximum atomic E-state index is 13.1. The molecule has 1 aliphatic heterocycles. The number of hydrogen-bond donors (Lipinski definition) is 8. The molecule has 0 spiro atoms. The van der Waals surface area contributed by atoms with Crippen LogP contribution in [0.4, 0.5) is 0 Å². The number of allylic oxidation sites excluding steroid dienone is 2. The number of aliphatic hydroxyl groups is 7. The molecule has 1 rings (SSSR count). The van der Waals surface area contributed by atoms with E-state index in [0.29, 0.717) is 19.3 Å². The molecule has 9 atom stereocenters. The Balaban J connectivity index is 2.45. The third-order valence-electron chi connectivity index (χ3n) is 11.8. The van der Waals surface area contributed by atoms with E-state index in [0.717, 1.165) is 51.4 Å². The van der Waals surface area contributed by atoms with Gasteiger partial charge >= 0.3 is 0 Å². The molecule has 1 fully saturated rings. The van der Waals surface area contributed by atoms with E-state index < -0.39 is 74.2 Å². The van der Waals surface area contributed by atoms with Gasteiger partial charge in [-0.15, -0.1) is 0 Å². The van der Waals surface area contributed by atoms with Gasteiger partial charge in [-0.2, -0.15) is 0 Å². The first-order valence-corrected chi connectivity index (χ1v) is 24.1. The van der Waals surface area contributed by atoms with Gasteiger partial charge in [-0.1, -0.05) is 187 Å². The minimum absolute atomic E-state index is 0.248. The van der Waals surface area contributed by atoms with Crippen LogP contribution in [0.1, 0.15) is 213 Å². The minimum Gasteiger partial charge on any atom is -0.394 e. The molecule has 0 aromatic heterocycles. The van der Waals surface area contributed by atoms with E-state index in [4.69, 9.17) is 9.47 Å². The number of rotatable bonds is 40. The van der Waals surface area contributed by atoms with E-state index in [9.17, 15) is 40.5 Å². The monoisotopic (exact) mass is 830 g/mol. The first kappa shape index (κ1) is 54.9. The maximum Gasteiger partial charge on any atom is 0.249 e. The van der Waals surface area contributed by atoms with Gasteiger partial charge in [-0.25, -0.2) is 0 Å². The quantitative estimate of drug-likeness (QED) is 0.0222. The van der Waals surface area contributed by atoms with Crippen molar-refractivity contribution in [2.45, 2.75) is 268 Å². The molecule has 344 valence electrons. The van der Waals surface area contributed by atoms with Gasteiger partial charge < -0.3 is 50.5 Å². The van der Waals surface area contributed by atoms with Crippen LogP contribution in [0.25, 0.3) is 0 Å². The van der Waals surface area contributed by atoms with Crippen molar-refractivity contribution in [1.29, 1.82) is 0 Å². The molecule has 0 aromatic carbocycles. The van der Waals surface area contributed by atoms with Gasteiger partial charge in [-0.05, 0) is 38.5 Å². The normalized spacial score (nSPS) is 22.0. The Kier molecular flexibility index (Phi) is 35.6. The third-order valence-corrected chi connectivity index (χ3v) is 11.8. The highest BCUT2D eigenvalue weighted by Gasteiger charge is 2.44. The topological polar surface area (TPSA) is 189 Å². The molecule has 11 heteroatoms. The van der Waals surface area contributed by atoms with E-state index in [-0.39, 0.29) is 6.42 Å². The van der Waals surface area contributed by atoms with Crippen molar-refractivity contribution in [3.63, 3.8) is 0 Å². The fourth-order valence-corrected chi connectivity index (χ4v) is 7.79. The number of amides is 1. The molecule has 0 bridgehead atoms. The van der Waals surface area contributed by atoms with E-state index in [2.05, 4.69) is 31.3 Å². The summed E-state index contributed by atoms with van der Waals surface area (Å²) < 4.78 is 11.1. The Labute approximate surface area is 353 Å². The first-order chi connectivity index (χ1) is 28.2. The van der Waals surface area contributed by atoms with Crippen molar-refractivity contribution in [2.24, 2.45) is 0 Å². The second kappa shape index (κ2) is 37.6. The van der Waals surface area contributed by atoms with E-state index in [1.54, 1.807) is 0 Å². The van der Waals surface area contributed by atoms with E-state index in [1.165, 1.54) is 122 Å². The van der Waals surface area contributed by atoms with Crippen molar-refractivity contribution in [3.05, 3.63) is 12.2 Å². The van der Waals surface area contributed by atoms with Crippen LogP contribution in [0, 0.1) is 0 Å². The average molecular weight is 830 g/mol. The molecule has 11 nitrogen and oxygen atoms in total. The van der Waals surface area contributed by atoms with Gasteiger partial charge in [0.15, 0.2) is 6.29 Å². The fraction of sp³-hybridized carbons (Fsp3) is 0.936. The van der Waals surface area contributed by atoms with Gasteiger partial charge in [0.25, 0.3) is 0 Å². The second-order valence-corrected chi connectivity index (χ2v) is 17.2. The van der Waals surface area contributed by atoms with Crippen molar-refractivity contribution < 1.29 is 50.0 Å². The van der Waals surface area contributed by atoms with Crippen molar-refractivity contribution >= 4 is 5.91 Å². The summed E-state index contributed by atoms with van der Waals surface area (Å²) in [6, 6.07) is -1.17.